The van der Waals surface area contributed by atoms with Gasteiger partial charge in [0.2, 0.25) is 0 Å². The first kappa shape index (κ1) is 23.0. The van der Waals surface area contributed by atoms with Gasteiger partial charge in [-0.1, -0.05) is 30.3 Å². The number of rotatable bonds is 6. The monoisotopic (exact) mass is 474 g/mol. The summed E-state index contributed by atoms with van der Waals surface area (Å²) < 4.78 is 39.4. The molecule has 170 valence electrons. The van der Waals surface area contributed by atoms with Crippen LogP contribution in [0.5, 0.6) is 0 Å². The largest absolute Gasteiger partial charge is 0.478 e. The van der Waals surface area contributed by atoms with E-state index in [4.69, 9.17) is 5.11 Å². The summed E-state index contributed by atoms with van der Waals surface area (Å²) >= 11 is 0. The van der Waals surface area contributed by atoms with E-state index in [0.717, 1.165) is 17.2 Å². The van der Waals surface area contributed by atoms with Crippen molar-refractivity contribution in [3.05, 3.63) is 101 Å². The van der Waals surface area contributed by atoms with E-state index in [9.17, 15) is 22.9 Å². The van der Waals surface area contributed by atoms with Gasteiger partial charge in [-0.2, -0.15) is 5.26 Å². The molecule has 1 heterocycles. The van der Waals surface area contributed by atoms with E-state index in [0.29, 0.717) is 28.8 Å². The summed E-state index contributed by atoms with van der Waals surface area (Å²) in [6, 6.07) is 19.0. The van der Waals surface area contributed by atoms with Crippen molar-refractivity contribution in [1.29, 1.82) is 5.26 Å². The molecule has 0 bridgehead atoms. The first-order valence-corrected chi connectivity index (χ1v) is 12.1. The number of halogens is 1. The number of hydrogen-bond donors (Lipinski definition) is 1. The Morgan fingerprint density at radius 2 is 1.71 bits per heavy atom. The number of carboxylic acids is 1. The Balaban J connectivity index is 1.85. The number of benzene rings is 3. The number of aromatic nitrogens is 1. The van der Waals surface area contributed by atoms with Crippen molar-refractivity contribution >= 4 is 38.4 Å². The van der Waals surface area contributed by atoms with E-state index in [-0.39, 0.29) is 16.3 Å². The number of carboxylic acid groups (broad SMARTS) is 1. The van der Waals surface area contributed by atoms with E-state index in [1.54, 1.807) is 42.5 Å². The van der Waals surface area contributed by atoms with Crippen LogP contribution in [0.15, 0.2) is 77.8 Å². The molecule has 0 fully saturated rings. The number of nitriles is 1. The van der Waals surface area contributed by atoms with Gasteiger partial charge in [0.15, 0.2) is 9.84 Å². The van der Waals surface area contributed by atoms with Gasteiger partial charge in [0.25, 0.3) is 0 Å². The molecular formula is C26H19FN2O4S. The van der Waals surface area contributed by atoms with E-state index in [2.05, 4.69) is 6.07 Å². The summed E-state index contributed by atoms with van der Waals surface area (Å²) in [5.41, 5.74) is 3.16. The first-order valence-electron chi connectivity index (χ1n) is 10.2. The summed E-state index contributed by atoms with van der Waals surface area (Å²) in [4.78, 5) is 11.3. The van der Waals surface area contributed by atoms with Crippen LogP contribution in [0.4, 0.5) is 4.39 Å². The average Bonchev–Trinajstić information content (AvgIpc) is 3.15. The zero-order valence-electron chi connectivity index (χ0n) is 18.1. The molecule has 4 aromatic rings. The third-order valence-electron chi connectivity index (χ3n) is 5.44. The fourth-order valence-electron chi connectivity index (χ4n) is 3.69. The molecule has 0 amide bonds. The zero-order chi connectivity index (χ0) is 24.5. The van der Waals surface area contributed by atoms with E-state index in [1.165, 1.54) is 30.3 Å². The predicted molar refractivity (Wildman–Crippen MR) is 127 cm³/mol. The zero-order valence-corrected chi connectivity index (χ0v) is 18.9. The van der Waals surface area contributed by atoms with Crippen LogP contribution < -0.4 is 0 Å². The minimum Gasteiger partial charge on any atom is -0.478 e. The molecular weight excluding hydrogens is 455 g/mol. The lowest BCUT2D eigenvalue weighted by Gasteiger charge is -2.07. The predicted octanol–water partition coefficient (Wildman–Crippen LogP) is 4.99. The molecule has 34 heavy (non-hydrogen) atoms. The van der Waals surface area contributed by atoms with Crippen LogP contribution in [-0.4, -0.2) is 30.3 Å². The highest BCUT2D eigenvalue weighted by molar-refractivity contribution is 7.90. The minimum atomic E-state index is -3.44. The number of sulfone groups is 1. The highest BCUT2D eigenvalue weighted by Crippen LogP contribution is 2.29. The quantitative estimate of drug-likeness (QED) is 0.397. The Kier molecular flexibility index (Phi) is 6.05. The van der Waals surface area contributed by atoms with Crippen LogP contribution in [0, 0.1) is 17.1 Å². The fourth-order valence-corrected chi connectivity index (χ4v) is 4.33. The van der Waals surface area contributed by atoms with Gasteiger partial charge in [-0.3, -0.25) is 0 Å². The molecule has 3 aromatic carbocycles. The van der Waals surface area contributed by atoms with Gasteiger partial charge in [-0.05, 0) is 53.6 Å². The van der Waals surface area contributed by atoms with Crippen LogP contribution in [0.25, 0.3) is 22.6 Å². The van der Waals surface area contributed by atoms with Crippen molar-refractivity contribution in [2.24, 2.45) is 0 Å². The first-order chi connectivity index (χ1) is 16.2. The van der Waals surface area contributed by atoms with Crippen molar-refractivity contribution < 1.29 is 22.7 Å². The molecule has 0 atom stereocenters. The van der Waals surface area contributed by atoms with Crippen molar-refractivity contribution in [3.63, 3.8) is 0 Å². The summed E-state index contributed by atoms with van der Waals surface area (Å²) in [7, 11) is -3.44. The Labute approximate surface area is 195 Å². The van der Waals surface area contributed by atoms with Gasteiger partial charge in [-0.25, -0.2) is 17.6 Å². The SMILES string of the molecule is CS(=O)(=O)c1ccc2c(/C=C(\C#N)c3ccc(C(=O)O)cc3)cn(Cc3ccc(F)cc3)c2c1. The van der Waals surface area contributed by atoms with Crippen molar-refractivity contribution in [2.75, 3.05) is 6.26 Å². The number of fused-ring (bicyclic) bond motifs is 1. The van der Waals surface area contributed by atoms with Crippen LogP contribution in [0.1, 0.15) is 27.0 Å². The van der Waals surface area contributed by atoms with E-state index >= 15 is 0 Å². The van der Waals surface area contributed by atoms with Crippen molar-refractivity contribution in [3.8, 4) is 6.07 Å². The molecule has 0 aliphatic rings. The molecule has 0 saturated carbocycles. The van der Waals surface area contributed by atoms with Gasteiger partial charge in [0.1, 0.15) is 5.82 Å². The highest BCUT2D eigenvalue weighted by Gasteiger charge is 2.14. The van der Waals surface area contributed by atoms with E-state index in [1.807, 2.05) is 10.8 Å². The van der Waals surface area contributed by atoms with Gasteiger partial charge in [-0.15, -0.1) is 0 Å². The van der Waals surface area contributed by atoms with Crippen molar-refractivity contribution in [1.82, 2.24) is 4.57 Å². The summed E-state index contributed by atoms with van der Waals surface area (Å²) in [5, 5.41) is 19.6. The third-order valence-corrected chi connectivity index (χ3v) is 6.55. The molecule has 1 aromatic heterocycles. The molecule has 0 aliphatic carbocycles. The molecule has 0 spiro atoms. The number of carbonyl (C=O) groups is 1. The smallest absolute Gasteiger partial charge is 0.335 e. The van der Waals surface area contributed by atoms with Gasteiger partial charge in [0.05, 0.1) is 27.6 Å². The Bertz CT molecular complexity index is 1580. The molecule has 4 rings (SSSR count). The number of hydrogen-bond acceptors (Lipinski definition) is 4. The lowest BCUT2D eigenvalue weighted by atomic mass is 10.0. The second-order valence-electron chi connectivity index (χ2n) is 7.84. The normalized spacial score (nSPS) is 12.0. The maximum Gasteiger partial charge on any atom is 0.335 e. The Morgan fingerprint density at radius 3 is 2.29 bits per heavy atom. The van der Waals surface area contributed by atoms with Crippen molar-refractivity contribution in [2.45, 2.75) is 11.4 Å². The average molecular weight is 475 g/mol. The standard InChI is InChI=1S/C26H19FN2O4S/c1-34(32,33)23-10-11-24-21(12-20(14-28)18-4-6-19(7-5-18)26(30)31)16-29(25(24)13-23)15-17-2-8-22(27)9-3-17/h2-13,16H,15H2,1H3,(H,30,31)/b20-12+. The lowest BCUT2D eigenvalue weighted by Crippen LogP contribution is -2.00. The van der Waals surface area contributed by atoms with E-state index < -0.39 is 15.8 Å². The summed E-state index contributed by atoms with van der Waals surface area (Å²) in [6.07, 6.45) is 4.62. The maximum atomic E-state index is 13.3. The Morgan fingerprint density at radius 1 is 1.06 bits per heavy atom. The van der Waals surface area contributed by atoms with Gasteiger partial charge in [0, 0.05) is 29.9 Å². The fraction of sp³-hybridized carbons (Fsp3) is 0.0769. The molecule has 0 aliphatic heterocycles. The highest BCUT2D eigenvalue weighted by atomic mass is 32.2. The topological polar surface area (TPSA) is 100 Å². The number of aromatic carboxylic acids is 1. The number of nitrogens with zero attached hydrogens (tertiary/aromatic N) is 2. The van der Waals surface area contributed by atoms with Crippen LogP contribution in [-0.2, 0) is 16.4 Å². The minimum absolute atomic E-state index is 0.116. The summed E-state index contributed by atoms with van der Waals surface area (Å²) in [5.74, 6) is -1.41. The second kappa shape index (κ2) is 8.96. The maximum absolute atomic E-state index is 13.3. The summed E-state index contributed by atoms with van der Waals surface area (Å²) in [6.45, 7) is 0.368. The lowest BCUT2D eigenvalue weighted by molar-refractivity contribution is 0.0697. The van der Waals surface area contributed by atoms with Gasteiger partial charge >= 0.3 is 5.97 Å². The molecule has 1 N–H and O–H groups in total. The number of allylic oxidation sites excluding steroid dienone is 1. The van der Waals surface area contributed by atoms with Crippen LogP contribution in [0.2, 0.25) is 0 Å². The molecule has 8 heteroatoms. The second-order valence-corrected chi connectivity index (χ2v) is 9.86. The Hall–Kier alpha value is -4.22. The van der Waals surface area contributed by atoms with Crippen LogP contribution >= 0.6 is 0 Å². The molecule has 0 unspecified atom stereocenters. The third kappa shape index (κ3) is 4.75. The molecule has 6 nitrogen and oxygen atoms in total. The molecule has 0 radical (unpaired) electrons. The van der Waals surface area contributed by atoms with Crippen LogP contribution in [0.3, 0.4) is 0 Å². The molecule has 0 saturated heterocycles. The van der Waals surface area contributed by atoms with Gasteiger partial charge < -0.3 is 9.67 Å².